The van der Waals surface area contributed by atoms with Crippen molar-refractivity contribution in [1.82, 2.24) is 10.2 Å². The van der Waals surface area contributed by atoms with E-state index >= 15 is 0 Å². The minimum atomic E-state index is -0.133. The monoisotopic (exact) mass is 381 g/mol. The van der Waals surface area contributed by atoms with Gasteiger partial charge in [0.1, 0.15) is 5.75 Å². The summed E-state index contributed by atoms with van der Waals surface area (Å²) in [5.41, 5.74) is 2.64. The highest BCUT2D eigenvalue weighted by Gasteiger charge is 2.22. The summed E-state index contributed by atoms with van der Waals surface area (Å²) < 4.78 is 5.43. The van der Waals surface area contributed by atoms with Crippen LogP contribution in [0.5, 0.6) is 5.75 Å². The SMILES string of the molecule is COc1ccccc1N1CCN(C(=O)CCNC(=O)c2ccccc2C)CC1. The topological polar surface area (TPSA) is 61.9 Å². The van der Waals surface area contributed by atoms with Gasteiger partial charge in [-0.05, 0) is 30.7 Å². The predicted octanol–water partition coefficient (Wildman–Crippen LogP) is 2.47. The summed E-state index contributed by atoms with van der Waals surface area (Å²) in [4.78, 5) is 28.8. The summed E-state index contributed by atoms with van der Waals surface area (Å²) in [5, 5.41) is 2.85. The third kappa shape index (κ3) is 4.63. The lowest BCUT2D eigenvalue weighted by molar-refractivity contribution is -0.131. The molecule has 6 heteroatoms. The minimum absolute atomic E-state index is 0.0739. The molecule has 6 nitrogen and oxygen atoms in total. The van der Waals surface area contributed by atoms with Crippen LogP contribution in [0.25, 0.3) is 0 Å². The number of carbonyl (C=O) groups is 2. The van der Waals surface area contributed by atoms with Crippen molar-refractivity contribution in [3.63, 3.8) is 0 Å². The summed E-state index contributed by atoms with van der Waals surface area (Å²) in [6.07, 6.45) is 0.312. The molecule has 1 fully saturated rings. The highest BCUT2D eigenvalue weighted by molar-refractivity contribution is 5.95. The number of hydrogen-bond acceptors (Lipinski definition) is 4. The number of aryl methyl sites for hydroxylation is 1. The highest BCUT2D eigenvalue weighted by atomic mass is 16.5. The molecule has 0 atom stereocenters. The fourth-order valence-electron chi connectivity index (χ4n) is 3.45. The zero-order valence-electron chi connectivity index (χ0n) is 16.5. The van der Waals surface area contributed by atoms with Crippen LogP contribution in [-0.4, -0.2) is 56.5 Å². The number of ether oxygens (including phenoxy) is 1. The first kappa shape index (κ1) is 19.7. The molecule has 28 heavy (non-hydrogen) atoms. The van der Waals surface area contributed by atoms with Crippen LogP contribution in [0.1, 0.15) is 22.3 Å². The van der Waals surface area contributed by atoms with Gasteiger partial charge in [0, 0.05) is 44.7 Å². The molecule has 148 valence electrons. The lowest BCUT2D eigenvalue weighted by Crippen LogP contribution is -2.49. The Hall–Kier alpha value is -3.02. The standard InChI is InChI=1S/C22H27N3O3/c1-17-7-3-4-8-18(17)22(27)23-12-11-21(26)25-15-13-24(14-16-25)19-9-5-6-10-20(19)28-2/h3-10H,11-16H2,1-2H3,(H,23,27). The minimum Gasteiger partial charge on any atom is -0.495 e. The first-order valence-electron chi connectivity index (χ1n) is 9.59. The fraction of sp³-hybridized carbons (Fsp3) is 0.364. The molecule has 1 aliphatic rings. The number of nitrogens with one attached hydrogen (secondary N) is 1. The lowest BCUT2D eigenvalue weighted by atomic mass is 10.1. The van der Waals surface area contributed by atoms with Crippen molar-refractivity contribution in [2.75, 3.05) is 44.7 Å². The fourth-order valence-corrected chi connectivity index (χ4v) is 3.45. The third-order valence-electron chi connectivity index (χ3n) is 5.07. The van der Waals surface area contributed by atoms with Crippen LogP contribution >= 0.6 is 0 Å². The average molecular weight is 381 g/mol. The van der Waals surface area contributed by atoms with Crippen molar-refractivity contribution in [3.8, 4) is 5.75 Å². The van der Waals surface area contributed by atoms with Crippen LogP contribution in [0, 0.1) is 6.92 Å². The second kappa shape index (κ2) is 9.26. The number of para-hydroxylation sites is 2. The molecule has 0 radical (unpaired) electrons. The number of rotatable bonds is 6. The molecule has 3 rings (SSSR count). The van der Waals surface area contributed by atoms with Gasteiger partial charge in [0.25, 0.3) is 5.91 Å². The van der Waals surface area contributed by atoms with Crippen molar-refractivity contribution in [3.05, 3.63) is 59.7 Å². The van der Waals surface area contributed by atoms with Gasteiger partial charge in [-0.1, -0.05) is 30.3 Å². The van der Waals surface area contributed by atoms with E-state index in [0.717, 1.165) is 30.1 Å². The van der Waals surface area contributed by atoms with Gasteiger partial charge in [-0.2, -0.15) is 0 Å². The molecule has 0 saturated carbocycles. The molecule has 1 heterocycles. The van der Waals surface area contributed by atoms with Gasteiger partial charge >= 0.3 is 0 Å². The number of benzene rings is 2. The Bertz CT molecular complexity index is 829. The Morgan fingerprint density at radius 1 is 1.00 bits per heavy atom. The number of nitrogens with zero attached hydrogens (tertiary/aromatic N) is 2. The summed E-state index contributed by atoms with van der Waals surface area (Å²) in [5.74, 6) is 0.790. The number of amides is 2. The Morgan fingerprint density at radius 3 is 2.39 bits per heavy atom. The van der Waals surface area contributed by atoms with E-state index < -0.39 is 0 Å². The summed E-state index contributed by atoms with van der Waals surface area (Å²) in [6.45, 7) is 5.12. The van der Waals surface area contributed by atoms with Gasteiger partial charge < -0.3 is 19.9 Å². The van der Waals surface area contributed by atoms with Crippen LogP contribution in [0.15, 0.2) is 48.5 Å². The largest absolute Gasteiger partial charge is 0.495 e. The molecule has 0 aliphatic carbocycles. The van der Waals surface area contributed by atoms with E-state index in [2.05, 4.69) is 10.2 Å². The van der Waals surface area contributed by atoms with E-state index in [1.54, 1.807) is 13.2 Å². The highest BCUT2D eigenvalue weighted by Crippen LogP contribution is 2.28. The van der Waals surface area contributed by atoms with Crippen LogP contribution in [0.4, 0.5) is 5.69 Å². The molecule has 1 N–H and O–H groups in total. The Labute approximate surface area is 166 Å². The number of piperazine rings is 1. The normalized spacial score (nSPS) is 13.9. The van der Waals surface area contributed by atoms with Gasteiger partial charge in [0.15, 0.2) is 0 Å². The summed E-state index contributed by atoms with van der Waals surface area (Å²) in [7, 11) is 1.67. The molecule has 1 aliphatic heterocycles. The maximum atomic E-state index is 12.5. The summed E-state index contributed by atoms with van der Waals surface area (Å²) in [6, 6.07) is 15.4. The Balaban J connectivity index is 1.45. The number of hydrogen-bond donors (Lipinski definition) is 1. The van der Waals surface area contributed by atoms with Crippen LogP contribution < -0.4 is 15.0 Å². The first-order valence-corrected chi connectivity index (χ1v) is 9.59. The number of anilines is 1. The van der Waals surface area contributed by atoms with Gasteiger partial charge in [0.05, 0.1) is 12.8 Å². The molecule has 0 unspecified atom stereocenters. The van der Waals surface area contributed by atoms with Crippen molar-refractivity contribution >= 4 is 17.5 Å². The second-order valence-corrected chi connectivity index (χ2v) is 6.86. The van der Waals surface area contributed by atoms with Gasteiger partial charge in [-0.3, -0.25) is 9.59 Å². The van der Waals surface area contributed by atoms with E-state index in [-0.39, 0.29) is 11.8 Å². The van der Waals surface area contributed by atoms with Crippen molar-refractivity contribution in [1.29, 1.82) is 0 Å². The third-order valence-corrected chi connectivity index (χ3v) is 5.07. The zero-order valence-corrected chi connectivity index (χ0v) is 16.5. The number of methoxy groups -OCH3 is 1. The molecule has 1 saturated heterocycles. The van der Waals surface area contributed by atoms with Crippen LogP contribution in [-0.2, 0) is 4.79 Å². The average Bonchev–Trinajstić information content (AvgIpc) is 2.74. The lowest BCUT2D eigenvalue weighted by Gasteiger charge is -2.36. The zero-order chi connectivity index (χ0) is 19.9. The first-order chi connectivity index (χ1) is 13.6. The smallest absolute Gasteiger partial charge is 0.251 e. The van der Waals surface area contributed by atoms with Crippen molar-refractivity contribution in [2.45, 2.75) is 13.3 Å². The Morgan fingerprint density at radius 2 is 1.68 bits per heavy atom. The molecule has 2 aromatic carbocycles. The van der Waals surface area contributed by atoms with E-state index in [1.807, 2.05) is 54.3 Å². The van der Waals surface area contributed by atoms with Crippen LogP contribution in [0.3, 0.4) is 0 Å². The maximum Gasteiger partial charge on any atom is 0.251 e. The Kier molecular flexibility index (Phi) is 6.53. The molecular weight excluding hydrogens is 354 g/mol. The molecule has 0 bridgehead atoms. The van der Waals surface area contributed by atoms with Crippen molar-refractivity contribution in [2.24, 2.45) is 0 Å². The second-order valence-electron chi connectivity index (χ2n) is 6.86. The molecule has 2 amide bonds. The molecule has 2 aromatic rings. The van der Waals surface area contributed by atoms with E-state index in [1.165, 1.54) is 0 Å². The van der Waals surface area contributed by atoms with Gasteiger partial charge in [-0.15, -0.1) is 0 Å². The predicted molar refractivity (Wildman–Crippen MR) is 110 cm³/mol. The van der Waals surface area contributed by atoms with E-state index in [9.17, 15) is 9.59 Å². The molecular formula is C22H27N3O3. The van der Waals surface area contributed by atoms with E-state index in [0.29, 0.717) is 31.6 Å². The quantitative estimate of drug-likeness (QED) is 0.835. The summed E-state index contributed by atoms with van der Waals surface area (Å²) >= 11 is 0. The van der Waals surface area contributed by atoms with Crippen LogP contribution in [0.2, 0.25) is 0 Å². The molecule has 0 spiro atoms. The van der Waals surface area contributed by atoms with Gasteiger partial charge in [0.2, 0.25) is 5.91 Å². The van der Waals surface area contributed by atoms with E-state index in [4.69, 9.17) is 4.74 Å². The maximum absolute atomic E-state index is 12.5. The number of carbonyl (C=O) groups excluding carboxylic acids is 2. The molecule has 0 aromatic heterocycles. The van der Waals surface area contributed by atoms with Gasteiger partial charge in [-0.25, -0.2) is 0 Å². The van der Waals surface area contributed by atoms with Crippen molar-refractivity contribution < 1.29 is 14.3 Å².